The molecule has 9 aromatic rings. The van der Waals surface area contributed by atoms with E-state index in [9.17, 15) is 0 Å². The first-order valence-electron chi connectivity index (χ1n) is 15.4. The van der Waals surface area contributed by atoms with E-state index in [4.69, 9.17) is 0 Å². The van der Waals surface area contributed by atoms with Gasteiger partial charge in [0.15, 0.2) is 0 Å². The molecule has 0 heteroatoms. The molecule has 0 N–H and O–H groups in total. The van der Waals surface area contributed by atoms with Gasteiger partial charge in [-0.2, -0.15) is 0 Å². The highest BCUT2D eigenvalue weighted by molar-refractivity contribution is 6.26. The van der Waals surface area contributed by atoms with Crippen molar-refractivity contribution in [1.82, 2.24) is 0 Å². The van der Waals surface area contributed by atoms with Crippen LogP contribution in [-0.4, -0.2) is 0 Å². The second kappa shape index (κ2) is 8.89. The van der Waals surface area contributed by atoms with Gasteiger partial charge >= 0.3 is 0 Å². The van der Waals surface area contributed by atoms with E-state index < -0.39 is 0 Å². The van der Waals surface area contributed by atoms with Gasteiger partial charge in [0.25, 0.3) is 0 Å². The average molecular weight is 555 g/mol. The summed E-state index contributed by atoms with van der Waals surface area (Å²) in [5, 5.41) is 13.0. The van der Waals surface area contributed by atoms with Crippen LogP contribution in [-0.2, 0) is 0 Å². The van der Waals surface area contributed by atoms with E-state index >= 15 is 0 Å². The topological polar surface area (TPSA) is 0 Å². The Bertz CT molecular complexity index is 2570. The predicted octanol–water partition coefficient (Wildman–Crippen LogP) is 12.4. The molecule has 0 spiro atoms. The van der Waals surface area contributed by atoms with Crippen molar-refractivity contribution in [2.45, 2.75) is 0 Å². The molecule has 202 valence electrons. The molecule has 0 aromatic heterocycles. The lowest BCUT2D eigenvalue weighted by Gasteiger charge is -2.19. The van der Waals surface area contributed by atoms with Crippen molar-refractivity contribution < 1.29 is 0 Å². The summed E-state index contributed by atoms with van der Waals surface area (Å²) in [6.07, 6.45) is 0. The van der Waals surface area contributed by atoms with Crippen LogP contribution >= 0.6 is 0 Å². The molecule has 9 aromatic carbocycles. The first kappa shape index (κ1) is 23.8. The van der Waals surface area contributed by atoms with E-state index in [0.717, 1.165) is 0 Å². The van der Waals surface area contributed by atoms with Gasteiger partial charge in [0.1, 0.15) is 0 Å². The van der Waals surface area contributed by atoms with E-state index in [1.165, 1.54) is 98.4 Å². The van der Waals surface area contributed by atoms with Gasteiger partial charge in [-0.15, -0.1) is 0 Å². The fourth-order valence-corrected chi connectivity index (χ4v) is 7.91. The average Bonchev–Trinajstić information content (AvgIpc) is 3.42. The van der Waals surface area contributed by atoms with Crippen LogP contribution in [0.25, 0.3) is 98.4 Å². The monoisotopic (exact) mass is 554 g/mol. The quantitative estimate of drug-likeness (QED) is 0.147. The number of fused-ring (bicyclic) bond motifs is 8. The lowest BCUT2D eigenvalue weighted by atomic mass is 9.83. The zero-order chi connectivity index (χ0) is 28.8. The van der Waals surface area contributed by atoms with Gasteiger partial charge in [0.2, 0.25) is 0 Å². The Balaban J connectivity index is 1.32. The predicted molar refractivity (Wildman–Crippen MR) is 189 cm³/mol. The Labute approximate surface area is 255 Å². The van der Waals surface area contributed by atoms with Crippen LogP contribution in [0.4, 0.5) is 0 Å². The Kier molecular flexibility index (Phi) is 4.81. The molecule has 0 radical (unpaired) electrons. The zero-order valence-corrected chi connectivity index (χ0v) is 24.0. The number of benzene rings is 9. The highest BCUT2D eigenvalue weighted by Gasteiger charge is 2.24. The Morgan fingerprint density at radius 1 is 0.250 bits per heavy atom. The minimum absolute atomic E-state index is 1.25. The third-order valence-corrected chi connectivity index (χ3v) is 9.78. The maximum atomic E-state index is 2.40. The largest absolute Gasteiger partial charge is 0.0616 e. The summed E-state index contributed by atoms with van der Waals surface area (Å²) in [7, 11) is 0. The maximum Gasteiger partial charge on any atom is -0.00201 e. The zero-order valence-electron chi connectivity index (χ0n) is 24.0. The van der Waals surface area contributed by atoms with Gasteiger partial charge in [-0.05, 0) is 104 Å². The van der Waals surface area contributed by atoms with Crippen molar-refractivity contribution in [3.05, 3.63) is 158 Å². The molecular weight excluding hydrogens is 528 g/mol. The third kappa shape index (κ3) is 3.17. The SMILES string of the molecule is c1ccc2c(c1)-c1cccc3c(-c4c5ccccc5c(-c5ccc6ccc7ccccc7c6c5)c5ccccc45)ccc-2c13. The van der Waals surface area contributed by atoms with Crippen LogP contribution < -0.4 is 0 Å². The highest BCUT2D eigenvalue weighted by Crippen LogP contribution is 2.51. The van der Waals surface area contributed by atoms with Gasteiger partial charge in [-0.1, -0.05) is 152 Å². The van der Waals surface area contributed by atoms with Gasteiger partial charge in [0.05, 0.1) is 0 Å². The molecule has 0 nitrogen and oxygen atoms in total. The van der Waals surface area contributed by atoms with Crippen molar-refractivity contribution in [3.63, 3.8) is 0 Å². The summed E-state index contributed by atoms with van der Waals surface area (Å²) in [6.45, 7) is 0. The molecule has 0 amide bonds. The van der Waals surface area contributed by atoms with Crippen LogP contribution in [0.5, 0.6) is 0 Å². The van der Waals surface area contributed by atoms with E-state index in [1.54, 1.807) is 0 Å². The maximum absolute atomic E-state index is 2.40. The molecule has 10 rings (SSSR count). The van der Waals surface area contributed by atoms with Crippen molar-refractivity contribution in [1.29, 1.82) is 0 Å². The van der Waals surface area contributed by atoms with Crippen LogP contribution in [0.1, 0.15) is 0 Å². The van der Waals surface area contributed by atoms with Gasteiger partial charge < -0.3 is 0 Å². The standard InChI is InChI=1S/C44H26/c1-2-11-30-27(10-1)20-21-28-22-23-29(26-41(28)30)42-34-14-5-7-16-36(34)44(37-17-8-6-15-35(37)42)40-25-24-39-32-13-4-3-12-31(32)33-18-9-19-38(40)43(33)39/h1-26H. The Morgan fingerprint density at radius 3 is 1.43 bits per heavy atom. The summed E-state index contributed by atoms with van der Waals surface area (Å²) >= 11 is 0. The summed E-state index contributed by atoms with van der Waals surface area (Å²) in [5.41, 5.74) is 10.5. The molecule has 0 heterocycles. The summed E-state index contributed by atoms with van der Waals surface area (Å²) < 4.78 is 0. The van der Waals surface area contributed by atoms with Crippen LogP contribution in [0, 0.1) is 0 Å². The molecule has 0 unspecified atom stereocenters. The van der Waals surface area contributed by atoms with Gasteiger partial charge in [0, 0.05) is 0 Å². The van der Waals surface area contributed by atoms with Crippen molar-refractivity contribution in [2.24, 2.45) is 0 Å². The first-order chi connectivity index (χ1) is 21.8. The van der Waals surface area contributed by atoms with Crippen LogP contribution in [0.3, 0.4) is 0 Å². The molecule has 44 heavy (non-hydrogen) atoms. The van der Waals surface area contributed by atoms with Crippen molar-refractivity contribution in [3.8, 4) is 44.5 Å². The Morgan fingerprint density at radius 2 is 0.727 bits per heavy atom. The molecule has 0 bridgehead atoms. The van der Waals surface area contributed by atoms with Gasteiger partial charge in [-0.3, -0.25) is 0 Å². The molecule has 0 aliphatic heterocycles. The fourth-order valence-electron chi connectivity index (χ4n) is 7.91. The fraction of sp³-hybridized carbons (Fsp3) is 0. The smallest absolute Gasteiger partial charge is 0.00201 e. The summed E-state index contributed by atoms with van der Waals surface area (Å²) in [6, 6.07) is 58.5. The normalized spacial score (nSPS) is 12.1. The number of hydrogen-bond acceptors (Lipinski definition) is 0. The molecule has 1 aliphatic rings. The summed E-state index contributed by atoms with van der Waals surface area (Å²) in [4.78, 5) is 0. The number of rotatable bonds is 2. The van der Waals surface area contributed by atoms with E-state index in [2.05, 4.69) is 158 Å². The van der Waals surface area contributed by atoms with Gasteiger partial charge in [-0.25, -0.2) is 0 Å². The Hall–Kier alpha value is -5.72. The highest BCUT2D eigenvalue weighted by atomic mass is 14.3. The minimum atomic E-state index is 1.25. The third-order valence-electron chi connectivity index (χ3n) is 9.78. The van der Waals surface area contributed by atoms with Crippen molar-refractivity contribution in [2.75, 3.05) is 0 Å². The van der Waals surface area contributed by atoms with Crippen LogP contribution in [0.15, 0.2) is 158 Å². The van der Waals surface area contributed by atoms with Crippen LogP contribution in [0.2, 0.25) is 0 Å². The molecule has 0 atom stereocenters. The molecule has 1 aliphatic carbocycles. The number of hydrogen-bond donors (Lipinski definition) is 0. The van der Waals surface area contributed by atoms with E-state index in [-0.39, 0.29) is 0 Å². The molecular formula is C44H26. The molecule has 0 saturated heterocycles. The van der Waals surface area contributed by atoms with E-state index in [0.29, 0.717) is 0 Å². The van der Waals surface area contributed by atoms with E-state index in [1.807, 2.05) is 0 Å². The lowest BCUT2D eigenvalue weighted by Crippen LogP contribution is -1.92. The van der Waals surface area contributed by atoms with Crippen molar-refractivity contribution >= 4 is 53.9 Å². The minimum Gasteiger partial charge on any atom is -0.0616 e. The second-order valence-corrected chi connectivity index (χ2v) is 12.0. The molecule has 0 saturated carbocycles. The summed E-state index contributed by atoms with van der Waals surface area (Å²) in [5.74, 6) is 0. The molecule has 0 fully saturated rings. The first-order valence-corrected chi connectivity index (χ1v) is 15.4. The lowest BCUT2D eigenvalue weighted by molar-refractivity contribution is 1.69. The second-order valence-electron chi connectivity index (χ2n) is 12.0.